The van der Waals surface area contributed by atoms with Gasteiger partial charge in [0.05, 0.1) is 32.3 Å². The Hall–Kier alpha value is -1.16. The van der Waals surface area contributed by atoms with Gasteiger partial charge < -0.3 is 26.2 Å². The van der Waals surface area contributed by atoms with Crippen LogP contribution in [0.3, 0.4) is 0 Å². The second-order valence-corrected chi connectivity index (χ2v) is 9.02. The van der Waals surface area contributed by atoms with E-state index in [0.717, 1.165) is 24.9 Å². The van der Waals surface area contributed by atoms with Crippen molar-refractivity contribution < 1.29 is 26.2 Å². The summed E-state index contributed by atoms with van der Waals surface area (Å²) in [5, 5.41) is 0. The lowest BCUT2D eigenvalue weighted by atomic mass is 9.94. The number of ether oxygens (including phenoxy) is 1. The number of quaternary nitrogens is 1. The van der Waals surface area contributed by atoms with Crippen LogP contribution in [0.4, 0.5) is 0 Å². The quantitative estimate of drug-likeness (QED) is 0.662. The zero-order valence-corrected chi connectivity index (χ0v) is 18.0. The third-order valence-electron chi connectivity index (χ3n) is 7.45. The van der Waals surface area contributed by atoms with Gasteiger partial charge in [-0.3, -0.25) is 0 Å². The van der Waals surface area contributed by atoms with Crippen LogP contribution in [0, 0.1) is 0 Å². The van der Waals surface area contributed by atoms with Gasteiger partial charge in [0.25, 0.3) is 0 Å². The maximum Gasteiger partial charge on any atom is 0.108 e. The number of nitrogens with zero attached hydrogens (tertiary/aromatic N) is 1. The van der Waals surface area contributed by atoms with Gasteiger partial charge in [-0.2, -0.15) is 0 Å². The molecular formula is C24H30BrNO. The van der Waals surface area contributed by atoms with Gasteiger partial charge in [0.2, 0.25) is 0 Å². The molecule has 0 spiro atoms. The molecule has 0 amide bonds. The Morgan fingerprint density at radius 2 is 1.26 bits per heavy atom. The molecule has 1 unspecified atom stereocenters. The van der Waals surface area contributed by atoms with Gasteiger partial charge in [-0.25, -0.2) is 0 Å². The summed E-state index contributed by atoms with van der Waals surface area (Å²) >= 11 is 0. The highest BCUT2D eigenvalue weighted by atomic mass is 79.9. The number of aryl methyl sites for hydroxylation is 2. The highest BCUT2D eigenvalue weighted by Gasteiger charge is 2.49. The number of rotatable bonds is 2. The molecule has 3 heteroatoms. The van der Waals surface area contributed by atoms with Crippen molar-refractivity contribution >= 4 is 0 Å². The van der Waals surface area contributed by atoms with E-state index in [2.05, 4.69) is 62.6 Å². The Morgan fingerprint density at radius 3 is 1.78 bits per heavy atom. The number of hydrogen-bond donors (Lipinski definition) is 0. The summed E-state index contributed by atoms with van der Waals surface area (Å²) in [7, 11) is 4.85. The topological polar surface area (TPSA) is 9.23 Å². The largest absolute Gasteiger partial charge is 1.00 e. The van der Waals surface area contributed by atoms with Crippen LogP contribution >= 0.6 is 0 Å². The fourth-order valence-electron chi connectivity index (χ4n) is 5.75. The second kappa shape index (κ2) is 7.35. The van der Waals surface area contributed by atoms with E-state index in [9.17, 15) is 0 Å². The lowest BCUT2D eigenvalue weighted by Gasteiger charge is -2.44. The zero-order valence-electron chi connectivity index (χ0n) is 16.4. The van der Waals surface area contributed by atoms with Crippen molar-refractivity contribution in [2.24, 2.45) is 0 Å². The molecule has 1 aliphatic carbocycles. The van der Waals surface area contributed by atoms with Crippen molar-refractivity contribution in [1.29, 1.82) is 0 Å². The molecule has 27 heavy (non-hydrogen) atoms. The van der Waals surface area contributed by atoms with Crippen LogP contribution in [-0.2, 0) is 17.6 Å². The third kappa shape index (κ3) is 3.28. The number of fused-ring (bicyclic) bond motifs is 4. The molecule has 2 bridgehead atoms. The Balaban J connectivity index is 0.00000180. The minimum absolute atomic E-state index is 0. The molecular weight excluding hydrogens is 398 g/mol. The van der Waals surface area contributed by atoms with E-state index in [0.29, 0.717) is 6.10 Å². The molecule has 3 atom stereocenters. The Kier molecular flexibility index (Phi) is 5.22. The predicted octanol–water partition coefficient (Wildman–Crippen LogP) is 1.67. The number of piperidine rings is 1. The van der Waals surface area contributed by atoms with Gasteiger partial charge in [0, 0.05) is 25.7 Å². The summed E-state index contributed by atoms with van der Waals surface area (Å²) in [4.78, 5) is 0. The van der Waals surface area contributed by atoms with Crippen molar-refractivity contribution in [3.05, 3.63) is 70.8 Å². The lowest BCUT2D eigenvalue weighted by Crippen LogP contribution is -3.00. The van der Waals surface area contributed by atoms with Gasteiger partial charge in [-0.1, -0.05) is 48.5 Å². The SMILES string of the molecule is C[N+]1(C)[C@@H]2CC[C@H]1CC(OC1c3ccccc3CCc3ccccc31)C2.[Br-]. The summed E-state index contributed by atoms with van der Waals surface area (Å²) in [5.74, 6) is 0. The molecule has 0 N–H and O–H groups in total. The summed E-state index contributed by atoms with van der Waals surface area (Å²) in [6.07, 6.45) is 7.89. The van der Waals surface area contributed by atoms with Crippen molar-refractivity contribution in [3.63, 3.8) is 0 Å². The molecule has 2 saturated heterocycles. The Bertz CT molecular complexity index is 754. The van der Waals surface area contributed by atoms with Crippen molar-refractivity contribution in [2.45, 2.75) is 62.8 Å². The molecule has 2 fully saturated rings. The maximum absolute atomic E-state index is 6.93. The van der Waals surface area contributed by atoms with Crippen LogP contribution in [-0.4, -0.2) is 36.8 Å². The average Bonchev–Trinajstić information content (AvgIpc) is 2.84. The molecule has 2 heterocycles. The van der Waals surface area contributed by atoms with Gasteiger partial charge >= 0.3 is 0 Å². The first-order valence-corrected chi connectivity index (χ1v) is 10.3. The molecule has 0 aromatic heterocycles. The van der Waals surface area contributed by atoms with E-state index < -0.39 is 0 Å². The van der Waals surface area contributed by atoms with Crippen LogP contribution in [0.1, 0.15) is 54.0 Å². The molecule has 2 aliphatic heterocycles. The molecule has 144 valence electrons. The Labute approximate surface area is 173 Å². The number of benzene rings is 2. The fraction of sp³-hybridized carbons (Fsp3) is 0.500. The summed E-state index contributed by atoms with van der Waals surface area (Å²) in [5.41, 5.74) is 5.71. The smallest absolute Gasteiger partial charge is 0.108 e. The third-order valence-corrected chi connectivity index (χ3v) is 7.45. The average molecular weight is 428 g/mol. The minimum atomic E-state index is 0. The van der Waals surface area contributed by atoms with Crippen LogP contribution in [0.15, 0.2) is 48.5 Å². The van der Waals surface area contributed by atoms with Gasteiger partial charge in [0.1, 0.15) is 6.10 Å². The van der Waals surface area contributed by atoms with E-state index in [1.807, 2.05) is 0 Å². The molecule has 0 saturated carbocycles. The fourth-order valence-corrected chi connectivity index (χ4v) is 5.75. The first-order valence-electron chi connectivity index (χ1n) is 10.3. The first-order chi connectivity index (χ1) is 12.6. The standard InChI is InChI=1S/C24H30NO.BrH/c1-25(2)19-13-14-20(25)16-21(15-19)26-24-22-9-5-3-7-17(22)11-12-18-8-4-6-10-23(18)24;/h3-10,19-21,24H,11-16H2,1-2H3;1H/q+1;/p-1/t19-,20+,21?;. The molecule has 0 radical (unpaired) electrons. The molecule has 2 aromatic rings. The number of hydrogen-bond acceptors (Lipinski definition) is 1. The monoisotopic (exact) mass is 427 g/mol. The van der Waals surface area contributed by atoms with Crippen LogP contribution < -0.4 is 17.0 Å². The number of halogens is 1. The van der Waals surface area contributed by atoms with Crippen LogP contribution in [0.2, 0.25) is 0 Å². The van der Waals surface area contributed by atoms with Gasteiger partial charge in [-0.05, 0) is 35.1 Å². The normalized spacial score (nSPS) is 28.6. The first kappa shape index (κ1) is 19.2. The summed E-state index contributed by atoms with van der Waals surface area (Å²) in [6, 6.07) is 19.4. The van der Waals surface area contributed by atoms with E-state index >= 15 is 0 Å². The van der Waals surface area contributed by atoms with Crippen molar-refractivity contribution in [1.82, 2.24) is 0 Å². The van der Waals surface area contributed by atoms with Gasteiger partial charge in [-0.15, -0.1) is 0 Å². The van der Waals surface area contributed by atoms with E-state index in [-0.39, 0.29) is 23.1 Å². The molecule has 3 aliphatic rings. The zero-order chi connectivity index (χ0) is 17.7. The second-order valence-electron chi connectivity index (χ2n) is 9.02. The van der Waals surface area contributed by atoms with Gasteiger partial charge in [0.15, 0.2) is 0 Å². The molecule has 2 nitrogen and oxygen atoms in total. The van der Waals surface area contributed by atoms with Crippen molar-refractivity contribution in [2.75, 3.05) is 14.1 Å². The molecule has 5 rings (SSSR count). The maximum atomic E-state index is 6.93. The summed E-state index contributed by atoms with van der Waals surface area (Å²) < 4.78 is 8.14. The predicted molar refractivity (Wildman–Crippen MR) is 105 cm³/mol. The summed E-state index contributed by atoms with van der Waals surface area (Å²) in [6.45, 7) is 0. The van der Waals surface area contributed by atoms with E-state index in [1.165, 1.54) is 52.4 Å². The van der Waals surface area contributed by atoms with Crippen LogP contribution in [0.25, 0.3) is 0 Å². The molecule has 2 aromatic carbocycles. The van der Waals surface area contributed by atoms with E-state index in [1.54, 1.807) is 0 Å². The van der Waals surface area contributed by atoms with E-state index in [4.69, 9.17) is 4.74 Å². The van der Waals surface area contributed by atoms with Crippen molar-refractivity contribution in [3.8, 4) is 0 Å². The van der Waals surface area contributed by atoms with Crippen LogP contribution in [0.5, 0.6) is 0 Å². The Morgan fingerprint density at radius 1 is 0.778 bits per heavy atom. The highest BCUT2D eigenvalue weighted by molar-refractivity contribution is 5.43. The minimum Gasteiger partial charge on any atom is -1.00 e. The highest BCUT2D eigenvalue weighted by Crippen LogP contribution is 2.43. The lowest BCUT2D eigenvalue weighted by molar-refractivity contribution is -0.931.